The average molecular weight is 377 g/mol. The fourth-order valence-corrected chi connectivity index (χ4v) is 5.62. The van der Waals surface area contributed by atoms with Crippen LogP contribution >= 0.6 is 50.2 Å². The zero-order valence-electron chi connectivity index (χ0n) is 10.4. The van der Waals surface area contributed by atoms with Crippen LogP contribution in [0.3, 0.4) is 0 Å². The van der Waals surface area contributed by atoms with E-state index in [2.05, 4.69) is 22.0 Å². The number of fused-ring (bicyclic) bond motifs is 1. The van der Waals surface area contributed by atoms with Crippen LogP contribution in [0.2, 0.25) is 5.02 Å². The van der Waals surface area contributed by atoms with E-state index in [9.17, 15) is 0 Å². The van der Waals surface area contributed by atoms with E-state index in [0.717, 1.165) is 13.7 Å². The standard InChI is InChI=1S/C14H15BrClNS2/c15-14-9(16)7-12(19-14)13(17)11-6-8-4-2-1-3-5-10(8)18-11/h6-7,13H,1-5,17H2. The smallest absolute Gasteiger partial charge is 0.0888 e. The van der Waals surface area contributed by atoms with E-state index in [1.807, 2.05) is 17.4 Å². The van der Waals surface area contributed by atoms with Crippen molar-refractivity contribution in [3.05, 3.63) is 41.1 Å². The van der Waals surface area contributed by atoms with Crippen molar-refractivity contribution in [2.45, 2.75) is 38.1 Å². The lowest BCUT2D eigenvalue weighted by Gasteiger charge is -2.06. The topological polar surface area (TPSA) is 26.0 Å². The van der Waals surface area contributed by atoms with E-state index >= 15 is 0 Å². The molecule has 2 heterocycles. The van der Waals surface area contributed by atoms with Gasteiger partial charge in [0.05, 0.1) is 14.9 Å². The van der Waals surface area contributed by atoms with E-state index in [4.69, 9.17) is 17.3 Å². The molecule has 2 aromatic rings. The number of aryl methyl sites for hydroxylation is 2. The van der Waals surface area contributed by atoms with E-state index in [1.165, 1.54) is 42.5 Å². The molecule has 1 aliphatic carbocycles. The molecule has 0 saturated carbocycles. The fraction of sp³-hybridized carbons (Fsp3) is 0.429. The molecule has 0 amide bonds. The summed E-state index contributed by atoms with van der Waals surface area (Å²) in [5.74, 6) is 0. The molecule has 0 aromatic carbocycles. The summed E-state index contributed by atoms with van der Waals surface area (Å²) in [5, 5.41) is 0.758. The summed E-state index contributed by atoms with van der Waals surface area (Å²) >= 11 is 13.1. The third-order valence-corrected chi connectivity index (χ3v) is 7.42. The van der Waals surface area contributed by atoms with Crippen molar-refractivity contribution >= 4 is 50.2 Å². The number of nitrogens with two attached hydrogens (primary N) is 1. The second-order valence-corrected chi connectivity index (χ2v) is 8.88. The van der Waals surface area contributed by atoms with E-state index in [1.54, 1.807) is 16.2 Å². The van der Waals surface area contributed by atoms with Crippen LogP contribution in [0.25, 0.3) is 0 Å². The van der Waals surface area contributed by atoms with Gasteiger partial charge in [0, 0.05) is 14.6 Å². The zero-order valence-corrected chi connectivity index (χ0v) is 14.4. The van der Waals surface area contributed by atoms with Crippen LogP contribution in [0, 0.1) is 0 Å². The largest absolute Gasteiger partial charge is 0.319 e. The highest BCUT2D eigenvalue weighted by Crippen LogP contribution is 2.39. The quantitative estimate of drug-likeness (QED) is 0.684. The minimum Gasteiger partial charge on any atom is -0.319 e. The molecular weight excluding hydrogens is 362 g/mol. The Morgan fingerprint density at radius 1 is 1.11 bits per heavy atom. The summed E-state index contributed by atoms with van der Waals surface area (Å²) in [5.41, 5.74) is 7.91. The Morgan fingerprint density at radius 3 is 2.58 bits per heavy atom. The summed E-state index contributed by atoms with van der Waals surface area (Å²) in [7, 11) is 0. The zero-order chi connectivity index (χ0) is 13.4. The predicted octanol–water partition coefficient (Wildman–Crippen LogP) is 5.54. The van der Waals surface area contributed by atoms with Gasteiger partial charge < -0.3 is 5.73 Å². The minimum absolute atomic E-state index is 0.0364. The number of rotatable bonds is 2. The minimum atomic E-state index is -0.0364. The van der Waals surface area contributed by atoms with Crippen LogP contribution in [0.15, 0.2) is 15.9 Å². The Balaban J connectivity index is 1.89. The molecule has 5 heteroatoms. The Bertz CT molecular complexity index is 547. The summed E-state index contributed by atoms with van der Waals surface area (Å²) in [6, 6.07) is 4.26. The van der Waals surface area contributed by atoms with Gasteiger partial charge >= 0.3 is 0 Å². The summed E-state index contributed by atoms with van der Waals surface area (Å²) in [6.07, 6.45) is 6.43. The maximum Gasteiger partial charge on any atom is 0.0888 e. The van der Waals surface area contributed by atoms with Gasteiger partial charge in [0.25, 0.3) is 0 Å². The van der Waals surface area contributed by atoms with Gasteiger partial charge in [0.2, 0.25) is 0 Å². The third kappa shape index (κ3) is 2.93. The Morgan fingerprint density at radius 2 is 1.84 bits per heavy atom. The van der Waals surface area contributed by atoms with Gasteiger partial charge in [0.1, 0.15) is 0 Å². The molecule has 1 aliphatic rings. The summed E-state index contributed by atoms with van der Waals surface area (Å²) in [6.45, 7) is 0. The van der Waals surface area contributed by atoms with Gasteiger partial charge in [-0.15, -0.1) is 22.7 Å². The predicted molar refractivity (Wildman–Crippen MR) is 88.6 cm³/mol. The van der Waals surface area contributed by atoms with Crippen molar-refractivity contribution in [1.29, 1.82) is 0 Å². The van der Waals surface area contributed by atoms with E-state index in [-0.39, 0.29) is 6.04 Å². The van der Waals surface area contributed by atoms with Gasteiger partial charge in [-0.2, -0.15) is 0 Å². The Hall–Kier alpha value is 0.130. The fourth-order valence-electron chi connectivity index (χ4n) is 2.50. The number of halogens is 2. The van der Waals surface area contributed by atoms with E-state index < -0.39 is 0 Å². The van der Waals surface area contributed by atoms with Gasteiger partial charge in [-0.1, -0.05) is 18.0 Å². The highest BCUT2D eigenvalue weighted by molar-refractivity contribution is 9.11. The van der Waals surface area contributed by atoms with Crippen LogP contribution in [-0.2, 0) is 12.8 Å². The highest BCUT2D eigenvalue weighted by atomic mass is 79.9. The monoisotopic (exact) mass is 375 g/mol. The van der Waals surface area contributed by atoms with E-state index in [0.29, 0.717) is 0 Å². The molecule has 0 fully saturated rings. The normalized spacial score (nSPS) is 17.0. The molecule has 1 unspecified atom stereocenters. The first-order valence-electron chi connectivity index (χ1n) is 6.47. The molecule has 19 heavy (non-hydrogen) atoms. The van der Waals surface area contributed by atoms with Crippen LogP contribution in [-0.4, -0.2) is 0 Å². The maximum absolute atomic E-state index is 6.39. The lowest BCUT2D eigenvalue weighted by molar-refractivity contribution is 0.712. The molecule has 0 radical (unpaired) electrons. The first kappa shape index (κ1) is 14.1. The molecule has 1 atom stereocenters. The van der Waals surface area contributed by atoms with Crippen molar-refractivity contribution in [3.8, 4) is 0 Å². The number of hydrogen-bond donors (Lipinski definition) is 1. The first-order valence-corrected chi connectivity index (χ1v) is 9.27. The molecule has 2 N–H and O–H groups in total. The average Bonchev–Trinajstić information content (AvgIpc) is 2.87. The molecular formula is C14H15BrClNS2. The van der Waals surface area contributed by atoms with Crippen LogP contribution in [0.4, 0.5) is 0 Å². The molecule has 0 saturated heterocycles. The lowest BCUT2D eigenvalue weighted by atomic mass is 10.1. The number of hydrogen-bond acceptors (Lipinski definition) is 3. The molecule has 102 valence electrons. The molecule has 2 aromatic heterocycles. The van der Waals surface area contributed by atoms with Crippen molar-refractivity contribution < 1.29 is 0 Å². The van der Waals surface area contributed by atoms with Crippen LogP contribution in [0.1, 0.15) is 45.5 Å². The molecule has 0 aliphatic heterocycles. The summed E-state index contributed by atoms with van der Waals surface area (Å²) in [4.78, 5) is 3.95. The first-order chi connectivity index (χ1) is 9.15. The van der Waals surface area contributed by atoms with Gasteiger partial charge in [-0.25, -0.2) is 0 Å². The molecule has 0 bridgehead atoms. The highest BCUT2D eigenvalue weighted by Gasteiger charge is 2.19. The van der Waals surface area contributed by atoms with Crippen LogP contribution in [0.5, 0.6) is 0 Å². The number of thiophene rings is 2. The van der Waals surface area contributed by atoms with Gasteiger partial charge in [-0.05, 0) is 59.3 Å². The molecule has 3 rings (SSSR count). The lowest BCUT2D eigenvalue weighted by Crippen LogP contribution is -2.08. The van der Waals surface area contributed by atoms with Crippen molar-refractivity contribution in [2.75, 3.05) is 0 Å². The van der Waals surface area contributed by atoms with Gasteiger partial charge in [-0.3, -0.25) is 0 Å². The summed E-state index contributed by atoms with van der Waals surface area (Å²) < 4.78 is 0.970. The third-order valence-electron chi connectivity index (χ3n) is 3.54. The van der Waals surface area contributed by atoms with Crippen molar-refractivity contribution in [2.24, 2.45) is 5.73 Å². The van der Waals surface area contributed by atoms with Crippen molar-refractivity contribution in [3.63, 3.8) is 0 Å². The SMILES string of the molecule is NC(c1cc(Cl)c(Br)s1)c1cc2c(s1)CCCCC2. The van der Waals surface area contributed by atoms with Crippen molar-refractivity contribution in [1.82, 2.24) is 0 Å². The van der Waals surface area contributed by atoms with Gasteiger partial charge in [0.15, 0.2) is 0 Å². The second-order valence-electron chi connectivity index (χ2n) is 4.91. The van der Waals surface area contributed by atoms with Crippen LogP contribution < -0.4 is 5.73 Å². The molecule has 0 spiro atoms. The Kier molecular flexibility index (Phi) is 4.34. The molecule has 1 nitrogen and oxygen atoms in total. The maximum atomic E-state index is 6.39. The second kappa shape index (κ2) is 5.86. The Labute approximate surface area is 134 Å².